The lowest BCUT2D eigenvalue weighted by atomic mass is 10.1. The maximum atomic E-state index is 13.6. The number of fused-ring (bicyclic) bond motifs is 3. The van der Waals surface area contributed by atoms with Crippen LogP contribution >= 0.6 is 22.9 Å². The maximum absolute atomic E-state index is 13.6. The molecule has 3 aromatic rings. The zero-order chi connectivity index (χ0) is 19.1. The Morgan fingerprint density at radius 3 is 2.81 bits per heavy atom. The monoisotopic (exact) mass is 403 g/mol. The molecule has 4 rings (SSSR count). The van der Waals surface area contributed by atoms with Crippen LogP contribution in [0.15, 0.2) is 29.1 Å². The Hall–Kier alpha value is -1.89. The third-order valence-corrected chi connectivity index (χ3v) is 6.62. The van der Waals surface area contributed by atoms with Gasteiger partial charge >= 0.3 is 0 Å². The SMILES string of the molecule is CC[C@H](C)Nc1nc2sc3c(c2c(=O)n1-c1ccc(Cl)cc1)CC[NH+](C)C3. The van der Waals surface area contributed by atoms with Crippen LogP contribution in [0.25, 0.3) is 15.9 Å². The summed E-state index contributed by atoms with van der Waals surface area (Å²) in [6.45, 7) is 6.22. The number of nitrogens with one attached hydrogen (secondary N) is 2. The van der Waals surface area contributed by atoms with Crippen molar-refractivity contribution >= 4 is 39.1 Å². The van der Waals surface area contributed by atoms with Gasteiger partial charge in [-0.15, -0.1) is 11.3 Å². The fourth-order valence-corrected chi connectivity index (χ4v) is 4.96. The molecule has 1 aliphatic heterocycles. The van der Waals surface area contributed by atoms with E-state index in [1.54, 1.807) is 15.9 Å². The van der Waals surface area contributed by atoms with Crippen LogP contribution in [0, 0.1) is 0 Å². The topological polar surface area (TPSA) is 51.4 Å². The van der Waals surface area contributed by atoms with Crippen LogP contribution in [-0.4, -0.2) is 29.2 Å². The van der Waals surface area contributed by atoms with Gasteiger partial charge in [-0.2, -0.15) is 0 Å². The number of rotatable bonds is 4. The van der Waals surface area contributed by atoms with E-state index in [1.807, 2.05) is 24.3 Å². The minimum atomic E-state index is 0.00479. The minimum Gasteiger partial charge on any atom is -0.353 e. The number of aromatic nitrogens is 2. The van der Waals surface area contributed by atoms with E-state index in [0.717, 1.165) is 41.8 Å². The molecule has 1 aromatic carbocycles. The number of thiophene rings is 1. The first-order valence-corrected chi connectivity index (χ1v) is 10.6. The van der Waals surface area contributed by atoms with E-state index in [1.165, 1.54) is 15.3 Å². The lowest BCUT2D eigenvalue weighted by Gasteiger charge is -2.19. The molecule has 5 nitrogen and oxygen atoms in total. The Labute approximate surface area is 167 Å². The number of quaternary nitrogens is 1. The molecule has 1 unspecified atom stereocenters. The third kappa shape index (κ3) is 3.37. The summed E-state index contributed by atoms with van der Waals surface area (Å²) >= 11 is 7.72. The average Bonchev–Trinajstić information content (AvgIpc) is 3.00. The van der Waals surface area contributed by atoms with Crippen LogP contribution < -0.4 is 15.8 Å². The molecule has 0 saturated heterocycles. The maximum Gasteiger partial charge on any atom is 0.268 e. The highest BCUT2D eigenvalue weighted by molar-refractivity contribution is 7.18. The molecular formula is C20H24ClN4OS+. The highest BCUT2D eigenvalue weighted by Crippen LogP contribution is 2.31. The smallest absolute Gasteiger partial charge is 0.268 e. The predicted molar refractivity (Wildman–Crippen MR) is 113 cm³/mol. The van der Waals surface area contributed by atoms with Gasteiger partial charge in [0.05, 0.1) is 29.5 Å². The van der Waals surface area contributed by atoms with Gasteiger partial charge in [-0.25, -0.2) is 9.55 Å². The average molecular weight is 404 g/mol. The van der Waals surface area contributed by atoms with E-state index >= 15 is 0 Å². The van der Waals surface area contributed by atoms with E-state index in [0.29, 0.717) is 11.0 Å². The quantitative estimate of drug-likeness (QED) is 0.704. The first-order valence-electron chi connectivity index (χ1n) is 9.39. The van der Waals surface area contributed by atoms with Gasteiger partial charge in [0, 0.05) is 17.5 Å². The molecule has 7 heteroatoms. The van der Waals surface area contributed by atoms with Gasteiger partial charge in [0.2, 0.25) is 5.95 Å². The van der Waals surface area contributed by atoms with Gasteiger partial charge in [-0.3, -0.25) is 4.79 Å². The zero-order valence-electron chi connectivity index (χ0n) is 15.8. The number of halogens is 1. The van der Waals surface area contributed by atoms with Gasteiger partial charge in [0.15, 0.2) is 0 Å². The molecular weight excluding hydrogens is 380 g/mol. The molecule has 0 amide bonds. The van der Waals surface area contributed by atoms with Crippen molar-refractivity contribution in [1.82, 2.24) is 9.55 Å². The molecule has 3 heterocycles. The van der Waals surface area contributed by atoms with Gasteiger partial charge in [-0.05, 0) is 43.2 Å². The Bertz CT molecular complexity index is 1040. The van der Waals surface area contributed by atoms with Crippen LogP contribution in [0.2, 0.25) is 5.02 Å². The van der Waals surface area contributed by atoms with Crippen LogP contribution in [-0.2, 0) is 13.0 Å². The molecule has 142 valence electrons. The van der Waals surface area contributed by atoms with Gasteiger partial charge in [0.25, 0.3) is 5.56 Å². The van der Waals surface area contributed by atoms with E-state index in [2.05, 4.69) is 26.2 Å². The second-order valence-corrected chi connectivity index (χ2v) is 8.84. The number of anilines is 1. The standard InChI is InChI=1S/C20H23ClN4OS/c1-4-12(2)22-20-23-18-17(15-9-10-24(3)11-16(15)27-18)19(26)25(20)14-7-5-13(21)6-8-14/h5-8,12H,4,9-11H2,1-3H3,(H,22,23)/p+1/t12-/m0/s1. The number of benzene rings is 1. The summed E-state index contributed by atoms with van der Waals surface area (Å²) in [6, 6.07) is 7.58. The van der Waals surface area contributed by atoms with Crippen molar-refractivity contribution in [1.29, 1.82) is 0 Å². The van der Waals surface area contributed by atoms with Crippen LogP contribution in [0.4, 0.5) is 5.95 Å². The second-order valence-electron chi connectivity index (χ2n) is 7.32. The number of hydrogen-bond donors (Lipinski definition) is 2. The number of nitrogens with zero attached hydrogens (tertiary/aromatic N) is 2. The molecule has 27 heavy (non-hydrogen) atoms. The van der Waals surface area contributed by atoms with E-state index in [9.17, 15) is 4.79 Å². The summed E-state index contributed by atoms with van der Waals surface area (Å²) in [6.07, 6.45) is 1.88. The van der Waals surface area contributed by atoms with Gasteiger partial charge in [-0.1, -0.05) is 18.5 Å². The minimum absolute atomic E-state index is 0.00479. The first-order chi connectivity index (χ1) is 13.0. The number of likely N-dealkylation sites (N-methyl/N-ethyl adjacent to an activating group) is 1. The van der Waals surface area contributed by atoms with Crippen molar-refractivity contribution in [3.8, 4) is 5.69 Å². The fraction of sp³-hybridized carbons (Fsp3) is 0.400. The first kappa shape index (κ1) is 18.5. The summed E-state index contributed by atoms with van der Waals surface area (Å²) in [4.78, 5) is 22.1. The Kier molecular flexibility index (Phi) is 4.97. The lowest BCUT2D eigenvalue weighted by Crippen LogP contribution is -3.08. The van der Waals surface area contributed by atoms with Crippen molar-refractivity contribution in [2.75, 3.05) is 18.9 Å². The molecule has 1 aliphatic rings. The molecule has 0 saturated carbocycles. The fourth-order valence-electron chi connectivity index (χ4n) is 3.51. The normalized spacial score (nSPS) is 17.7. The van der Waals surface area contributed by atoms with Crippen molar-refractivity contribution in [2.24, 2.45) is 0 Å². The third-order valence-electron chi connectivity index (χ3n) is 5.25. The van der Waals surface area contributed by atoms with Crippen molar-refractivity contribution in [3.05, 3.63) is 50.1 Å². The summed E-state index contributed by atoms with van der Waals surface area (Å²) in [7, 11) is 2.20. The Morgan fingerprint density at radius 2 is 2.11 bits per heavy atom. The van der Waals surface area contributed by atoms with E-state index < -0.39 is 0 Å². The van der Waals surface area contributed by atoms with Crippen LogP contribution in [0.1, 0.15) is 30.7 Å². The highest BCUT2D eigenvalue weighted by atomic mass is 35.5. The van der Waals surface area contributed by atoms with Crippen molar-refractivity contribution < 1.29 is 4.90 Å². The molecule has 0 fully saturated rings. The zero-order valence-corrected chi connectivity index (χ0v) is 17.4. The summed E-state index contributed by atoms with van der Waals surface area (Å²) in [5.74, 6) is 0.600. The summed E-state index contributed by atoms with van der Waals surface area (Å²) in [5.41, 5.74) is 1.98. The second kappa shape index (κ2) is 7.26. The molecule has 0 radical (unpaired) electrons. The summed E-state index contributed by atoms with van der Waals surface area (Å²) in [5, 5.41) is 4.85. The summed E-state index contributed by atoms with van der Waals surface area (Å²) < 4.78 is 1.70. The predicted octanol–water partition coefficient (Wildman–Crippen LogP) is 2.88. The molecule has 2 N–H and O–H groups in total. The van der Waals surface area contributed by atoms with Gasteiger partial charge in [0.1, 0.15) is 11.4 Å². The molecule has 2 atom stereocenters. The molecule has 0 aliphatic carbocycles. The van der Waals surface area contributed by atoms with Crippen molar-refractivity contribution in [3.63, 3.8) is 0 Å². The lowest BCUT2D eigenvalue weighted by molar-refractivity contribution is -0.895. The van der Waals surface area contributed by atoms with E-state index in [-0.39, 0.29) is 11.6 Å². The Morgan fingerprint density at radius 1 is 1.37 bits per heavy atom. The molecule has 2 aromatic heterocycles. The number of hydrogen-bond acceptors (Lipinski definition) is 4. The Balaban J connectivity index is 1.97. The van der Waals surface area contributed by atoms with E-state index in [4.69, 9.17) is 16.6 Å². The van der Waals surface area contributed by atoms with Crippen LogP contribution in [0.5, 0.6) is 0 Å². The van der Waals surface area contributed by atoms with Crippen molar-refractivity contribution in [2.45, 2.75) is 39.3 Å². The van der Waals surface area contributed by atoms with Crippen LogP contribution in [0.3, 0.4) is 0 Å². The highest BCUT2D eigenvalue weighted by Gasteiger charge is 2.26. The largest absolute Gasteiger partial charge is 0.353 e. The molecule has 0 bridgehead atoms. The van der Waals surface area contributed by atoms with Gasteiger partial charge < -0.3 is 10.2 Å². The molecule has 0 spiro atoms.